The van der Waals surface area contributed by atoms with Crippen LogP contribution in [0.5, 0.6) is 0 Å². The van der Waals surface area contributed by atoms with Crippen molar-refractivity contribution in [1.82, 2.24) is 19.8 Å². The molecule has 0 saturated carbocycles. The van der Waals surface area contributed by atoms with Crippen LogP contribution in [0.2, 0.25) is 0 Å². The van der Waals surface area contributed by atoms with E-state index in [2.05, 4.69) is 10.3 Å². The molecule has 0 aliphatic carbocycles. The summed E-state index contributed by atoms with van der Waals surface area (Å²) in [7, 11) is -3.87. The van der Waals surface area contributed by atoms with E-state index in [4.69, 9.17) is 9.15 Å². The zero-order chi connectivity index (χ0) is 25.7. The molecule has 11 heteroatoms. The fraction of sp³-hybridized carbons (Fsp3) is 0.440. The van der Waals surface area contributed by atoms with Crippen molar-refractivity contribution in [2.75, 3.05) is 6.61 Å². The van der Waals surface area contributed by atoms with E-state index >= 15 is 0 Å². The average Bonchev–Trinajstić information content (AvgIpc) is 3.58. The van der Waals surface area contributed by atoms with E-state index in [-0.39, 0.29) is 42.2 Å². The Hall–Kier alpha value is -3.18. The number of hydrogen-bond acceptors (Lipinski definition) is 6. The third-order valence-corrected chi connectivity index (χ3v) is 7.43. The van der Waals surface area contributed by atoms with Crippen molar-refractivity contribution < 1.29 is 26.8 Å². The highest BCUT2D eigenvalue weighted by atomic mass is 32.2. The van der Waals surface area contributed by atoms with Gasteiger partial charge in [0.15, 0.2) is 0 Å². The van der Waals surface area contributed by atoms with Crippen LogP contribution < -0.4 is 5.32 Å². The van der Waals surface area contributed by atoms with Crippen LogP contribution in [0, 0.1) is 5.82 Å². The largest absolute Gasteiger partial charge is 0.467 e. The Morgan fingerprint density at radius 1 is 1.25 bits per heavy atom. The van der Waals surface area contributed by atoms with E-state index in [1.165, 1.54) is 36.7 Å². The topological polar surface area (TPSA) is 107 Å². The Kier molecular flexibility index (Phi) is 8.10. The lowest BCUT2D eigenvalue weighted by atomic mass is 10.2. The van der Waals surface area contributed by atoms with Gasteiger partial charge in [-0.2, -0.15) is 0 Å². The average molecular weight is 519 g/mol. The molecule has 1 unspecified atom stereocenters. The van der Waals surface area contributed by atoms with Crippen molar-refractivity contribution in [3.63, 3.8) is 0 Å². The number of imidazole rings is 1. The van der Waals surface area contributed by atoms with Crippen LogP contribution in [0.25, 0.3) is 0 Å². The van der Waals surface area contributed by atoms with Gasteiger partial charge >= 0.3 is 6.03 Å². The standard InChI is InChI=1S/C25H31FN4O5S/c1-18(2)28-24(31)29(15-22-5-3-11-34-22)14-21-13-27-25(30(21)16-23-6-4-12-35-23)36(32,33)17-19-7-9-20(26)10-8-19/h3,5,7-11,13,18,23H,4,6,12,14-17H2,1-2H3,(H,28,31). The van der Waals surface area contributed by atoms with Gasteiger partial charge in [-0.1, -0.05) is 12.1 Å². The molecule has 2 aromatic heterocycles. The van der Waals surface area contributed by atoms with Crippen molar-refractivity contribution in [1.29, 1.82) is 0 Å². The first-order valence-corrected chi connectivity index (χ1v) is 13.6. The van der Waals surface area contributed by atoms with Gasteiger partial charge in [-0.05, 0) is 56.5 Å². The molecular weight excluding hydrogens is 487 g/mol. The van der Waals surface area contributed by atoms with Crippen LogP contribution in [0.1, 0.15) is 43.7 Å². The number of amides is 2. The number of sulfone groups is 1. The number of furan rings is 1. The Balaban J connectivity index is 1.65. The summed E-state index contributed by atoms with van der Waals surface area (Å²) in [4.78, 5) is 18.8. The van der Waals surface area contributed by atoms with Crippen molar-refractivity contribution in [2.24, 2.45) is 0 Å². The number of carbonyl (C=O) groups is 1. The highest BCUT2D eigenvalue weighted by Gasteiger charge is 2.28. The summed E-state index contributed by atoms with van der Waals surface area (Å²) in [5.41, 5.74) is 1.02. The molecule has 1 N–H and O–H groups in total. The quantitative estimate of drug-likeness (QED) is 0.437. The summed E-state index contributed by atoms with van der Waals surface area (Å²) < 4.78 is 52.9. The predicted molar refractivity (Wildman–Crippen MR) is 130 cm³/mol. The van der Waals surface area contributed by atoms with Gasteiger partial charge < -0.3 is 23.9 Å². The van der Waals surface area contributed by atoms with Gasteiger partial charge in [0.05, 0.1) is 49.6 Å². The predicted octanol–water partition coefficient (Wildman–Crippen LogP) is 3.89. The van der Waals surface area contributed by atoms with E-state index < -0.39 is 15.7 Å². The molecule has 0 radical (unpaired) electrons. The summed E-state index contributed by atoms with van der Waals surface area (Å²) in [6.07, 6.45) is 4.58. The van der Waals surface area contributed by atoms with E-state index in [1.807, 2.05) is 13.8 Å². The maximum Gasteiger partial charge on any atom is 0.318 e. The van der Waals surface area contributed by atoms with E-state index in [0.29, 0.717) is 30.2 Å². The van der Waals surface area contributed by atoms with Crippen molar-refractivity contribution in [3.8, 4) is 0 Å². The molecule has 1 saturated heterocycles. The number of aromatic nitrogens is 2. The van der Waals surface area contributed by atoms with E-state index in [1.54, 1.807) is 21.6 Å². The molecule has 1 fully saturated rings. The number of benzene rings is 1. The van der Waals surface area contributed by atoms with Crippen LogP contribution in [0.4, 0.5) is 9.18 Å². The highest BCUT2D eigenvalue weighted by molar-refractivity contribution is 7.90. The highest BCUT2D eigenvalue weighted by Crippen LogP contribution is 2.23. The molecular formula is C25H31FN4O5S. The molecule has 2 amide bonds. The monoisotopic (exact) mass is 518 g/mol. The second kappa shape index (κ2) is 11.3. The van der Waals surface area contributed by atoms with Gasteiger partial charge in [-0.3, -0.25) is 0 Å². The molecule has 0 bridgehead atoms. The van der Waals surface area contributed by atoms with Gasteiger partial charge in [-0.25, -0.2) is 22.6 Å². The molecule has 36 heavy (non-hydrogen) atoms. The lowest BCUT2D eigenvalue weighted by Gasteiger charge is -2.25. The summed E-state index contributed by atoms with van der Waals surface area (Å²) in [6, 6.07) is 8.49. The fourth-order valence-electron chi connectivity index (χ4n) is 4.14. The second-order valence-corrected chi connectivity index (χ2v) is 11.1. The molecule has 4 rings (SSSR count). The summed E-state index contributed by atoms with van der Waals surface area (Å²) in [5.74, 6) is -0.156. The Labute approximate surface area is 210 Å². The van der Waals surface area contributed by atoms with Crippen molar-refractivity contribution in [3.05, 3.63) is 71.7 Å². The van der Waals surface area contributed by atoms with Gasteiger partial charge in [-0.15, -0.1) is 0 Å². The van der Waals surface area contributed by atoms with Gasteiger partial charge in [0, 0.05) is 12.6 Å². The molecule has 3 heterocycles. The van der Waals surface area contributed by atoms with Gasteiger partial charge in [0.2, 0.25) is 15.0 Å². The number of rotatable bonds is 10. The molecule has 1 atom stereocenters. The first-order valence-electron chi connectivity index (χ1n) is 11.9. The van der Waals surface area contributed by atoms with Crippen LogP contribution >= 0.6 is 0 Å². The number of nitrogens with zero attached hydrogens (tertiary/aromatic N) is 3. The van der Waals surface area contributed by atoms with Gasteiger partial charge in [0.1, 0.15) is 11.6 Å². The molecule has 194 valence electrons. The normalized spacial score (nSPS) is 15.9. The number of ether oxygens (including phenoxy) is 1. The number of nitrogens with one attached hydrogen (secondary N) is 1. The third kappa shape index (κ3) is 6.52. The van der Waals surface area contributed by atoms with Crippen molar-refractivity contribution in [2.45, 2.75) is 69.4 Å². The third-order valence-electron chi connectivity index (χ3n) is 5.84. The number of carbonyl (C=O) groups excluding carboxylic acids is 1. The maximum atomic E-state index is 13.4. The first kappa shape index (κ1) is 25.9. The molecule has 0 spiro atoms. The zero-order valence-electron chi connectivity index (χ0n) is 20.4. The minimum atomic E-state index is -3.87. The van der Waals surface area contributed by atoms with Crippen LogP contribution in [0.3, 0.4) is 0 Å². The van der Waals surface area contributed by atoms with Gasteiger partial charge in [0.25, 0.3) is 0 Å². The Morgan fingerprint density at radius 2 is 2.03 bits per heavy atom. The van der Waals surface area contributed by atoms with E-state index in [9.17, 15) is 17.6 Å². The summed E-state index contributed by atoms with van der Waals surface area (Å²) in [5, 5.41) is 2.79. The summed E-state index contributed by atoms with van der Waals surface area (Å²) in [6.45, 7) is 4.97. The number of urea groups is 1. The minimum absolute atomic E-state index is 0.0833. The maximum absolute atomic E-state index is 13.4. The van der Waals surface area contributed by atoms with Crippen LogP contribution in [0.15, 0.2) is 58.4 Å². The minimum Gasteiger partial charge on any atom is -0.467 e. The molecule has 3 aromatic rings. The number of halogens is 1. The zero-order valence-corrected chi connectivity index (χ0v) is 21.2. The van der Waals surface area contributed by atoms with E-state index in [0.717, 1.165) is 12.8 Å². The molecule has 1 aromatic carbocycles. The smallest absolute Gasteiger partial charge is 0.318 e. The lowest BCUT2D eigenvalue weighted by Crippen LogP contribution is -2.42. The fourth-order valence-corrected chi connectivity index (χ4v) is 5.64. The second-order valence-electron chi connectivity index (χ2n) is 9.20. The van der Waals surface area contributed by atoms with Crippen LogP contribution in [-0.4, -0.2) is 47.7 Å². The van der Waals surface area contributed by atoms with Crippen LogP contribution in [-0.2, 0) is 40.0 Å². The first-order chi connectivity index (χ1) is 17.2. The summed E-state index contributed by atoms with van der Waals surface area (Å²) >= 11 is 0. The lowest BCUT2D eigenvalue weighted by molar-refractivity contribution is 0.0933. The number of hydrogen-bond donors (Lipinski definition) is 1. The van der Waals surface area contributed by atoms with Crippen molar-refractivity contribution >= 4 is 15.9 Å². The molecule has 1 aliphatic rings. The Bertz CT molecular complexity index is 1250. The molecule has 9 nitrogen and oxygen atoms in total. The Morgan fingerprint density at radius 3 is 2.67 bits per heavy atom. The molecule has 1 aliphatic heterocycles. The SMILES string of the molecule is CC(C)NC(=O)N(Cc1ccco1)Cc1cnc(S(=O)(=O)Cc2ccc(F)cc2)n1CC1CCCO1.